The van der Waals surface area contributed by atoms with Crippen LogP contribution in [0.2, 0.25) is 0 Å². The van der Waals surface area contributed by atoms with E-state index in [1.807, 2.05) is 13.8 Å². The molecule has 0 radical (unpaired) electrons. The lowest BCUT2D eigenvalue weighted by Crippen LogP contribution is -2.45. The Morgan fingerprint density at radius 3 is 2.62 bits per heavy atom. The molecule has 2 unspecified atom stereocenters. The van der Waals surface area contributed by atoms with Crippen LogP contribution in [0.3, 0.4) is 0 Å². The molecule has 0 aliphatic rings. The fourth-order valence-electron chi connectivity index (χ4n) is 0.912. The van der Waals surface area contributed by atoms with Gasteiger partial charge in [-0.2, -0.15) is 0 Å². The molecule has 0 aromatic rings. The van der Waals surface area contributed by atoms with Crippen molar-refractivity contribution >= 4 is 5.91 Å². The highest BCUT2D eigenvalue weighted by Gasteiger charge is 2.12. The van der Waals surface area contributed by atoms with Gasteiger partial charge < -0.3 is 10.6 Å². The van der Waals surface area contributed by atoms with E-state index in [4.69, 9.17) is 6.42 Å². The number of rotatable bonds is 5. The van der Waals surface area contributed by atoms with Crippen LogP contribution in [0.25, 0.3) is 0 Å². The van der Waals surface area contributed by atoms with Crippen LogP contribution in [0.1, 0.15) is 27.2 Å². The van der Waals surface area contributed by atoms with Crippen LogP contribution in [0.5, 0.6) is 0 Å². The van der Waals surface area contributed by atoms with Gasteiger partial charge in [0.1, 0.15) is 0 Å². The summed E-state index contributed by atoms with van der Waals surface area (Å²) in [6.07, 6.45) is 6.03. The first-order valence-corrected chi connectivity index (χ1v) is 4.59. The van der Waals surface area contributed by atoms with Crippen LogP contribution in [0.15, 0.2) is 0 Å². The van der Waals surface area contributed by atoms with Crippen LogP contribution in [0, 0.1) is 12.3 Å². The molecule has 0 bridgehead atoms. The van der Waals surface area contributed by atoms with Gasteiger partial charge in [-0.25, -0.2) is 0 Å². The lowest BCUT2D eigenvalue weighted by atomic mass is 10.2. The Kier molecular flexibility index (Phi) is 5.99. The molecule has 2 N–H and O–H groups in total. The molecule has 0 rings (SSSR count). The molecule has 0 aromatic carbocycles. The first kappa shape index (κ1) is 12.0. The maximum atomic E-state index is 11.3. The van der Waals surface area contributed by atoms with Crippen molar-refractivity contribution in [3.8, 4) is 12.3 Å². The molecule has 2 atom stereocenters. The van der Waals surface area contributed by atoms with Gasteiger partial charge in [0.15, 0.2) is 0 Å². The van der Waals surface area contributed by atoms with Gasteiger partial charge in [-0.05, 0) is 20.3 Å². The van der Waals surface area contributed by atoms with Gasteiger partial charge in [0.25, 0.3) is 0 Å². The molecule has 0 saturated carbocycles. The Hall–Kier alpha value is -1.01. The second kappa shape index (κ2) is 6.50. The highest BCUT2D eigenvalue weighted by molar-refractivity contribution is 5.81. The topological polar surface area (TPSA) is 41.1 Å². The van der Waals surface area contributed by atoms with Crippen molar-refractivity contribution in [3.05, 3.63) is 0 Å². The minimum atomic E-state index is -0.178. The number of nitrogens with one attached hydrogen (secondary N) is 2. The van der Waals surface area contributed by atoms with Crippen molar-refractivity contribution in [1.82, 2.24) is 10.6 Å². The Bertz CT molecular complexity index is 196. The molecule has 0 saturated heterocycles. The smallest absolute Gasteiger partial charge is 0.237 e. The summed E-state index contributed by atoms with van der Waals surface area (Å²) in [5, 5.41) is 5.78. The SMILES string of the molecule is C#CCNC(=O)C(C)NC(C)CC. The molecular formula is C10H18N2O. The van der Waals surface area contributed by atoms with E-state index in [2.05, 4.69) is 23.5 Å². The maximum Gasteiger partial charge on any atom is 0.237 e. The van der Waals surface area contributed by atoms with Gasteiger partial charge >= 0.3 is 0 Å². The maximum absolute atomic E-state index is 11.3. The second-order valence-electron chi connectivity index (χ2n) is 3.12. The van der Waals surface area contributed by atoms with E-state index in [-0.39, 0.29) is 11.9 Å². The van der Waals surface area contributed by atoms with Crippen LogP contribution in [-0.4, -0.2) is 24.5 Å². The zero-order chi connectivity index (χ0) is 10.3. The summed E-state index contributed by atoms with van der Waals surface area (Å²) in [4.78, 5) is 11.3. The fraction of sp³-hybridized carbons (Fsp3) is 0.700. The van der Waals surface area contributed by atoms with Gasteiger partial charge in [0.2, 0.25) is 5.91 Å². The molecule has 0 heterocycles. The zero-order valence-electron chi connectivity index (χ0n) is 8.55. The predicted octanol–water partition coefficient (Wildman–Crippen LogP) is 0.512. The van der Waals surface area contributed by atoms with Crippen molar-refractivity contribution in [1.29, 1.82) is 0 Å². The van der Waals surface area contributed by atoms with E-state index in [0.29, 0.717) is 12.6 Å². The molecule has 3 heteroatoms. The summed E-state index contributed by atoms with van der Waals surface area (Å²) in [5.41, 5.74) is 0. The normalized spacial score (nSPS) is 14.3. The minimum Gasteiger partial charge on any atom is -0.344 e. The van der Waals surface area contributed by atoms with Crippen molar-refractivity contribution in [2.24, 2.45) is 0 Å². The number of amides is 1. The molecular weight excluding hydrogens is 164 g/mol. The molecule has 74 valence electrons. The van der Waals surface area contributed by atoms with Crippen LogP contribution in [-0.2, 0) is 4.79 Å². The molecule has 1 amide bonds. The summed E-state index contributed by atoms with van der Waals surface area (Å²) < 4.78 is 0. The van der Waals surface area contributed by atoms with Crippen molar-refractivity contribution in [3.63, 3.8) is 0 Å². The summed E-state index contributed by atoms with van der Waals surface area (Å²) in [7, 11) is 0. The monoisotopic (exact) mass is 182 g/mol. The van der Waals surface area contributed by atoms with E-state index in [9.17, 15) is 4.79 Å². The Balaban J connectivity index is 3.76. The third-order valence-electron chi connectivity index (χ3n) is 1.90. The molecule has 13 heavy (non-hydrogen) atoms. The molecule has 0 aliphatic carbocycles. The third-order valence-corrected chi connectivity index (χ3v) is 1.90. The van der Waals surface area contributed by atoms with Gasteiger partial charge in [0, 0.05) is 6.04 Å². The number of hydrogen-bond donors (Lipinski definition) is 2. The number of terminal acetylenes is 1. The first-order valence-electron chi connectivity index (χ1n) is 4.59. The molecule has 0 aliphatic heterocycles. The highest BCUT2D eigenvalue weighted by atomic mass is 16.2. The standard InChI is InChI=1S/C10H18N2O/c1-5-7-11-10(13)9(4)12-8(3)6-2/h1,8-9,12H,6-7H2,2-4H3,(H,11,13). The lowest BCUT2D eigenvalue weighted by molar-refractivity contribution is -0.122. The molecule has 0 aromatic heterocycles. The van der Waals surface area contributed by atoms with Crippen molar-refractivity contribution in [2.75, 3.05) is 6.54 Å². The summed E-state index contributed by atoms with van der Waals surface area (Å²) in [6, 6.07) is 0.176. The average Bonchev–Trinajstić information content (AvgIpc) is 2.13. The van der Waals surface area contributed by atoms with Gasteiger partial charge in [-0.1, -0.05) is 12.8 Å². The zero-order valence-corrected chi connectivity index (χ0v) is 8.55. The minimum absolute atomic E-state index is 0.0433. The fourth-order valence-corrected chi connectivity index (χ4v) is 0.912. The number of hydrogen-bond acceptors (Lipinski definition) is 2. The summed E-state index contributed by atoms with van der Waals surface area (Å²) >= 11 is 0. The van der Waals surface area contributed by atoms with E-state index in [0.717, 1.165) is 6.42 Å². The van der Waals surface area contributed by atoms with Crippen molar-refractivity contribution < 1.29 is 4.79 Å². The number of carbonyl (C=O) groups excluding carboxylic acids is 1. The molecule has 0 spiro atoms. The average molecular weight is 182 g/mol. The van der Waals surface area contributed by atoms with E-state index < -0.39 is 0 Å². The first-order chi connectivity index (χ1) is 6.11. The van der Waals surface area contributed by atoms with E-state index in [1.54, 1.807) is 0 Å². The van der Waals surface area contributed by atoms with Gasteiger partial charge in [-0.3, -0.25) is 4.79 Å². The summed E-state index contributed by atoms with van der Waals surface area (Å²) in [6.45, 7) is 6.25. The van der Waals surface area contributed by atoms with Gasteiger partial charge in [-0.15, -0.1) is 6.42 Å². The highest BCUT2D eigenvalue weighted by Crippen LogP contribution is 1.91. The van der Waals surface area contributed by atoms with Crippen LogP contribution in [0.4, 0.5) is 0 Å². The lowest BCUT2D eigenvalue weighted by Gasteiger charge is -2.17. The van der Waals surface area contributed by atoms with Crippen LogP contribution >= 0.6 is 0 Å². The van der Waals surface area contributed by atoms with Crippen LogP contribution < -0.4 is 10.6 Å². The predicted molar refractivity (Wildman–Crippen MR) is 54.2 cm³/mol. The third kappa shape index (κ3) is 5.26. The molecule has 3 nitrogen and oxygen atoms in total. The Morgan fingerprint density at radius 1 is 1.54 bits per heavy atom. The quantitative estimate of drug-likeness (QED) is 0.608. The Labute approximate surface area is 80.3 Å². The van der Waals surface area contributed by atoms with Crippen molar-refractivity contribution in [2.45, 2.75) is 39.3 Å². The van der Waals surface area contributed by atoms with E-state index in [1.165, 1.54) is 0 Å². The van der Waals surface area contributed by atoms with E-state index >= 15 is 0 Å². The number of carbonyl (C=O) groups is 1. The Morgan fingerprint density at radius 2 is 2.15 bits per heavy atom. The second-order valence-corrected chi connectivity index (χ2v) is 3.12. The van der Waals surface area contributed by atoms with Gasteiger partial charge in [0.05, 0.1) is 12.6 Å². The largest absolute Gasteiger partial charge is 0.344 e. The molecule has 0 fully saturated rings. The summed E-state index contributed by atoms with van der Waals surface area (Å²) in [5.74, 6) is 2.32.